The van der Waals surface area contributed by atoms with E-state index in [9.17, 15) is 9.59 Å². The molecular formula is C19H24O4. The van der Waals surface area contributed by atoms with Crippen molar-refractivity contribution in [3.8, 4) is 0 Å². The number of hydrogen-bond acceptors (Lipinski definition) is 4. The van der Waals surface area contributed by atoms with Crippen molar-refractivity contribution in [1.29, 1.82) is 0 Å². The summed E-state index contributed by atoms with van der Waals surface area (Å²) in [5, 5.41) is 0. The van der Waals surface area contributed by atoms with Crippen molar-refractivity contribution >= 4 is 11.9 Å². The quantitative estimate of drug-likeness (QED) is 0.481. The fourth-order valence-electron chi connectivity index (χ4n) is 2.88. The van der Waals surface area contributed by atoms with Crippen LogP contribution in [0.2, 0.25) is 0 Å². The Labute approximate surface area is 137 Å². The maximum absolute atomic E-state index is 12.1. The Morgan fingerprint density at radius 3 is 1.96 bits per heavy atom. The Balaban J connectivity index is 2.32. The van der Waals surface area contributed by atoms with Crippen molar-refractivity contribution in [2.45, 2.75) is 46.3 Å². The molecule has 0 amide bonds. The summed E-state index contributed by atoms with van der Waals surface area (Å²) in [4.78, 5) is 24.3. The van der Waals surface area contributed by atoms with Crippen LogP contribution in [0.15, 0.2) is 42.0 Å². The first-order valence-electron chi connectivity index (χ1n) is 7.94. The molecule has 0 bridgehead atoms. The maximum Gasteiger partial charge on any atom is 0.348 e. The fourth-order valence-corrected chi connectivity index (χ4v) is 2.88. The first-order valence-corrected chi connectivity index (χ1v) is 7.94. The van der Waals surface area contributed by atoms with Gasteiger partial charge in [-0.15, -0.1) is 0 Å². The van der Waals surface area contributed by atoms with Crippen LogP contribution in [0.25, 0.3) is 0 Å². The largest absolute Gasteiger partial charge is 0.419 e. The monoisotopic (exact) mass is 316 g/mol. The molecule has 2 rings (SSSR count). The summed E-state index contributed by atoms with van der Waals surface area (Å²) in [6, 6.07) is 10.1. The molecule has 0 spiro atoms. The lowest BCUT2D eigenvalue weighted by Crippen LogP contribution is -2.42. The van der Waals surface area contributed by atoms with E-state index in [1.54, 1.807) is 19.9 Å². The third-order valence-corrected chi connectivity index (χ3v) is 4.15. The molecular weight excluding hydrogens is 292 g/mol. The Kier molecular flexibility index (Phi) is 4.93. The number of rotatable bonds is 4. The molecule has 2 atom stereocenters. The molecule has 4 nitrogen and oxygen atoms in total. The minimum absolute atomic E-state index is 0.00851. The van der Waals surface area contributed by atoms with Crippen LogP contribution in [-0.2, 0) is 19.1 Å². The summed E-state index contributed by atoms with van der Waals surface area (Å²) >= 11 is 0. The smallest absolute Gasteiger partial charge is 0.348 e. The van der Waals surface area contributed by atoms with Crippen molar-refractivity contribution in [1.82, 2.24) is 0 Å². The summed E-state index contributed by atoms with van der Waals surface area (Å²) in [7, 11) is 0. The normalized spacial score (nSPS) is 19.8. The van der Waals surface area contributed by atoms with E-state index in [1.165, 1.54) is 5.56 Å². The van der Waals surface area contributed by atoms with Crippen LogP contribution in [0.1, 0.15) is 46.1 Å². The van der Waals surface area contributed by atoms with E-state index in [0.29, 0.717) is 0 Å². The van der Waals surface area contributed by atoms with Gasteiger partial charge in [-0.05, 0) is 23.3 Å². The maximum atomic E-state index is 12.1. The number of ether oxygens (including phenoxy) is 2. The summed E-state index contributed by atoms with van der Waals surface area (Å²) in [5.74, 6) is -1.99. The number of allylic oxidation sites excluding steroid dienone is 1. The highest BCUT2D eigenvalue weighted by molar-refractivity contribution is 6.15. The van der Waals surface area contributed by atoms with Gasteiger partial charge >= 0.3 is 11.9 Å². The molecule has 124 valence electrons. The van der Waals surface area contributed by atoms with Gasteiger partial charge in [0.25, 0.3) is 5.79 Å². The molecule has 0 aromatic heterocycles. The van der Waals surface area contributed by atoms with Crippen LogP contribution in [-0.4, -0.2) is 17.7 Å². The molecule has 0 aliphatic carbocycles. The standard InChI is InChI=1S/C19H24O4/c1-12(2)15(13(3)14-9-7-6-8-10-14)11-16-17(20)22-19(4,5)23-18(16)21/h6-13,15H,1-5H3/t13?,15-/m0/s1. The van der Waals surface area contributed by atoms with E-state index in [1.807, 2.05) is 18.2 Å². The zero-order chi connectivity index (χ0) is 17.2. The number of carbonyl (C=O) groups excluding carboxylic acids is 2. The average molecular weight is 316 g/mol. The summed E-state index contributed by atoms with van der Waals surface area (Å²) < 4.78 is 10.3. The lowest BCUT2D eigenvalue weighted by Gasteiger charge is -2.31. The predicted octanol–water partition coefficient (Wildman–Crippen LogP) is 3.82. The Morgan fingerprint density at radius 2 is 1.48 bits per heavy atom. The second-order valence-corrected chi connectivity index (χ2v) is 6.78. The van der Waals surface area contributed by atoms with Gasteiger partial charge in [0.1, 0.15) is 5.57 Å². The van der Waals surface area contributed by atoms with Gasteiger partial charge < -0.3 is 9.47 Å². The first-order chi connectivity index (χ1) is 10.7. The van der Waals surface area contributed by atoms with Crippen molar-refractivity contribution in [2.24, 2.45) is 11.8 Å². The molecule has 1 fully saturated rings. The van der Waals surface area contributed by atoms with Crippen LogP contribution in [0, 0.1) is 11.8 Å². The van der Waals surface area contributed by atoms with Crippen LogP contribution in [0.3, 0.4) is 0 Å². The van der Waals surface area contributed by atoms with Crippen LogP contribution in [0.5, 0.6) is 0 Å². The predicted molar refractivity (Wildman–Crippen MR) is 87.5 cm³/mol. The van der Waals surface area contributed by atoms with Gasteiger partial charge in [0.2, 0.25) is 0 Å². The number of hydrogen-bond donors (Lipinski definition) is 0. The van der Waals surface area contributed by atoms with Gasteiger partial charge in [-0.3, -0.25) is 0 Å². The molecule has 1 aliphatic heterocycles. The van der Waals surface area contributed by atoms with E-state index in [4.69, 9.17) is 9.47 Å². The molecule has 1 aromatic rings. The van der Waals surface area contributed by atoms with E-state index >= 15 is 0 Å². The van der Waals surface area contributed by atoms with Gasteiger partial charge in [0, 0.05) is 13.8 Å². The summed E-state index contributed by atoms with van der Waals surface area (Å²) in [6.07, 6.45) is 1.71. The summed E-state index contributed by atoms with van der Waals surface area (Å²) in [6.45, 7) is 9.34. The first kappa shape index (κ1) is 17.3. The van der Waals surface area contributed by atoms with Crippen LogP contribution >= 0.6 is 0 Å². The molecule has 0 radical (unpaired) electrons. The molecule has 0 saturated carbocycles. The Hall–Kier alpha value is -2.10. The van der Waals surface area contributed by atoms with Crippen LogP contribution < -0.4 is 0 Å². The average Bonchev–Trinajstić information content (AvgIpc) is 2.45. The highest BCUT2D eigenvalue weighted by atomic mass is 16.7. The Bertz CT molecular complexity index is 592. The van der Waals surface area contributed by atoms with Crippen molar-refractivity contribution in [3.05, 3.63) is 47.5 Å². The van der Waals surface area contributed by atoms with Gasteiger partial charge in [-0.2, -0.15) is 0 Å². The molecule has 1 saturated heterocycles. The third-order valence-electron chi connectivity index (χ3n) is 4.15. The molecule has 1 unspecified atom stereocenters. The van der Waals surface area contributed by atoms with Gasteiger partial charge in [-0.25, -0.2) is 9.59 Å². The molecule has 1 aliphatic rings. The second kappa shape index (κ2) is 6.57. The van der Waals surface area contributed by atoms with Crippen molar-refractivity contribution < 1.29 is 19.1 Å². The minimum Gasteiger partial charge on any atom is -0.419 e. The van der Waals surface area contributed by atoms with E-state index in [-0.39, 0.29) is 23.3 Å². The molecule has 4 heteroatoms. The van der Waals surface area contributed by atoms with Crippen molar-refractivity contribution in [2.75, 3.05) is 0 Å². The second-order valence-electron chi connectivity index (χ2n) is 6.78. The fraction of sp³-hybridized carbons (Fsp3) is 0.474. The SMILES string of the molecule is CC(C)[C@H](C=C1C(=O)OC(C)(C)OC1=O)C(C)c1ccccc1. The van der Waals surface area contributed by atoms with Gasteiger partial charge in [0.05, 0.1) is 0 Å². The molecule has 1 aromatic carbocycles. The van der Waals surface area contributed by atoms with E-state index < -0.39 is 17.7 Å². The summed E-state index contributed by atoms with van der Waals surface area (Å²) in [5.41, 5.74) is 1.16. The third kappa shape index (κ3) is 4.01. The highest BCUT2D eigenvalue weighted by Gasteiger charge is 2.39. The highest BCUT2D eigenvalue weighted by Crippen LogP contribution is 2.33. The van der Waals surface area contributed by atoms with Gasteiger partial charge in [-0.1, -0.05) is 57.2 Å². The number of benzene rings is 1. The number of esters is 2. The number of cyclic esters (lactones) is 2. The lowest BCUT2D eigenvalue weighted by molar-refractivity contribution is -0.222. The topological polar surface area (TPSA) is 52.6 Å². The van der Waals surface area contributed by atoms with Gasteiger partial charge in [0.15, 0.2) is 0 Å². The Morgan fingerprint density at radius 1 is 0.957 bits per heavy atom. The minimum atomic E-state index is -1.20. The van der Waals surface area contributed by atoms with Crippen LogP contribution in [0.4, 0.5) is 0 Å². The molecule has 1 heterocycles. The van der Waals surface area contributed by atoms with Crippen molar-refractivity contribution in [3.63, 3.8) is 0 Å². The molecule has 23 heavy (non-hydrogen) atoms. The molecule has 0 N–H and O–H groups in total. The number of carbonyl (C=O) groups is 2. The lowest BCUT2D eigenvalue weighted by atomic mass is 9.79. The van der Waals surface area contributed by atoms with E-state index in [2.05, 4.69) is 32.9 Å². The van der Waals surface area contributed by atoms with E-state index in [0.717, 1.165) is 0 Å². The zero-order valence-corrected chi connectivity index (χ0v) is 14.3. The zero-order valence-electron chi connectivity index (χ0n) is 14.3.